The molecule has 4 rings (SSSR count). The van der Waals surface area contributed by atoms with Crippen LogP contribution in [0.1, 0.15) is 63.8 Å². The summed E-state index contributed by atoms with van der Waals surface area (Å²) >= 11 is 0. The molecule has 33 heavy (non-hydrogen) atoms. The molecule has 0 aliphatic heterocycles. The molecular weight excluding hydrogens is 404 g/mol. The van der Waals surface area contributed by atoms with Crippen LogP contribution in [0, 0.1) is 0 Å². The van der Waals surface area contributed by atoms with Crippen molar-refractivity contribution in [3.8, 4) is 0 Å². The third-order valence-corrected chi connectivity index (χ3v) is 6.19. The van der Waals surface area contributed by atoms with Gasteiger partial charge >= 0.3 is 0 Å². The Balaban J connectivity index is 1.35. The largest absolute Gasteiger partial charge is 0.247 e. The highest BCUT2D eigenvalue weighted by atomic mass is 15.2. The Morgan fingerprint density at radius 1 is 0.576 bits per heavy atom. The Morgan fingerprint density at radius 2 is 0.939 bits per heavy atom. The van der Waals surface area contributed by atoms with Crippen LogP contribution in [-0.2, 0) is 30.6 Å². The van der Waals surface area contributed by atoms with Gasteiger partial charge in [0.15, 0.2) is 0 Å². The maximum absolute atomic E-state index is 2.25. The number of hydrogen-bond donors (Lipinski definition) is 0. The van der Waals surface area contributed by atoms with Gasteiger partial charge in [0.1, 0.15) is 37.9 Å². The Morgan fingerprint density at radius 3 is 1.27 bits per heavy atom. The minimum Gasteiger partial charge on any atom is -0.233 e. The molecule has 0 bridgehead atoms. The normalized spacial score (nSPS) is 12.3. The van der Waals surface area contributed by atoms with E-state index in [0.717, 1.165) is 19.8 Å². The van der Waals surface area contributed by atoms with Gasteiger partial charge in [0.05, 0.1) is 0 Å². The quantitative estimate of drug-likeness (QED) is 0.372. The van der Waals surface area contributed by atoms with Crippen LogP contribution >= 0.6 is 0 Å². The summed E-state index contributed by atoms with van der Waals surface area (Å²) in [5.41, 5.74) is 5.78. The third-order valence-electron chi connectivity index (χ3n) is 6.19. The first-order valence-corrected chi connectivity index (χ1v) is 11.8. The lowest BCUT2D eigenvalue weighted by Crippen LogP contribution is -2.49. The fourth-order valence-electron chi connectivity index (χ4n) is 4.06. The molecule has 0 atom stereocenters. The van der Waals surface area contributed by atoms with Crippen molar-refractivity contribution in [2.45, 2.75) is 72.1 Å². The van der Waals surface area contributed by atoms with Crippen LogP contribution in [0.3, 0.4) is 0 Å². The average Bonchev–Trinajstić information content (AvgIpc) is 3.37. The van der Waals surface area contributed by atoms with Gasteiger partial charge in [-0.05, 0) is 33.1 Å². The van der Waals surface area contributed by atoms with Crippen LogP contribution in [0.2, 0.25) is 0 Å². The van der Waals surface area contributed by atoms with Gasteiger partial charge in [0, 0.05) is 0 Å². The van der Waals surface area contributed by atoms with Gasteiger partial charge in [-0.15, -0.1) is 0 Å². The fraction of sp³-hybridized carbons (Fsp3) is 0.379. The van der Waals surface area contributed by atoms with Crippen molar-refractivity contribution in [2.24, 2.45) is 0 Å². The summed E-state index contributed by atoms with van der Waals surface area (Å²) in [6.45, 7) is 16.1. The monoisotopic (exact) mass is 442 g/mol. The lowest BCUT2D eigenvalue weighted by Gasteiger charge is -2.18. The van der Waals surface area contributed by atoms with Crippen molar-refractivity contribution in [3.05, 3.63) is 108 Å². The summed E-state index contributed by atoms with van der Waals surface area (Å²) in [4.78, 5) is 0. The molecule has 2 aromatic carbocycles. The van der Waals surface area contributed by atoms with Crippen LogP contribution < -0.4 is 9.13 Å². The minimum atomic E-state index is 0.193. The van der Waals surface area contributed by atoms with Gasteiger partial charge < -0.3 is 0 Å². The van der Waals surface area contributed by atoms with Gasteiger partial charge in [-0.25, -0.2) is 9.13 Å². The summed E-state index contributed by atoms with van der Waals surface area (Å²) in [5.74, 6) is 0. The van der Waals surface area contributed by atoms with E-state index in [-0.39, 0.29) is 10.8 Å². The molecule has 172 valence electrons. The van der Waals surface area contributed by atoms with Crippen LogP contribution in [0.4, 0.5) is 0 Å². The van der Waals surface area contributed by atoms with E-state index < -0.39 is 0 Å². The molecule has 0 radical (unpaired) electrons. The molecule has 4 nitrogen and oxygen atoms in total. The predicted octanol–water partition coefficient (Wildman–Crippen LogP) is 5.06. The molecule has 0 amide bonds. The summed E-state index contributed by atoms with van der Waals surface area (Å²) in [6, 6.07) is 18.0. The first kappa shape index (κ1) is 23.0. The van der Waals surface area contributed by atoms with E-state index in [2.05, 4.69) is 146 Å². The topological polar surface area (TPSA) is 17.6 Å². The van der Waals surface area contributed by atoms with Crippen LogP contribution in [-0.4, -0.2) is 9.13 Å². The molecule has 0 saturated heterocycles. The highest BCUT2D eigenvalue weighted by molar-refractivity contribution is 5.28. The summed E-state index contributed by atoms with van der Waals surface area (Å²) < 4.78 is 8.90. The third kappa shape index (κ3) is 6.01. The zero-order chi connectivity index (χ0) is 23.6. The summed E-state index contributed by atoms with van der Waals surface area (Å²) in [5, 5.41) is 0. The predicted molar refractivity (Wildman–Crippen MR) is 133 cm³/mol. The van der Waals surface area contributed by atoms with Crippen LogP contribution in [0.5, 0.6) is 0 Å². The molecular formula is C29H38N4+2. The number of aromatic nitrogens is 4. The molecule has 2 heterocycles. The summed E-state index contributed by atoms with van der Waals surface area (Å²) in [6.07, 6.45) is 12.9. The van der Waals surface area contributed by atoms with Crippen molar-refractivity contribution in [3.63, 3.8) is 0 Å². The SMILES string of the molecule is CC(C)(C)c1ccc(Cn2cc[n+](C[n+]3ccn(Cc4ccc(C(C)(C)C)cc4)c3)c2)cc1. The summed E-state index contributed by atoms with van der Waals surface area (Å²) in [7, 11) is 0. The number of hydrogen-bond acceptors (Lipinski definition) is 0. The number of benzene rings is 2. The number of imidazole rings is 2. The first-order chi connectivity index (χ1) is 15.6. The van der Waals surface area contributed by atoms with E-state index in [1.165, 1.54) is 22.3 Å². The molecule has 0 N–H and O–H groups in total. The van der Waals surface area contributed by atoms with Gasteiger partial charge in [0.2, 0.25) is 19.3 Å². The van der Waals surface area contributed by atoms with Gasteiger partial charge in [-0.3, -0.25) is 0 Å². The molecule has 2 aromatic heterocycles. The Bertz CT molecular complexity index is 1080. The zero-order valence-electron chi connectivity index (χ0n) is 21.0. The smallest absolute Gasteiger partial charge is 0.233 e. The highest BCUT2D eigenvalue weighted by Gasteiger charge is 2.15. The minimum absolute atomic E-state index is 0.193. The van der Waals surface area contributed by atoms with E-state index in [4.69, 9.17) is 0 Å². The van der Waals surface area contributed by atoms with E-state index in [0.29, 0.717) is 0 Å². The van der Waals surface area contributed by atoms with Crippen molar-refractivity contribution in [1.82, 2.24) is 9.13 Å². The van der Waals surface area contributed by atoms with Gasteiger partial charge in [-0.2, -0.15) is 9.13 Å². The molecule has 0 unspecified atom stereocenters. The lowest BCUT2D eigenvalue weighted by atomic mass is 9.87. The highest BCUT2D eigenvalue weighted by Crippen LogP contribution is 2.23. The van der Waals surface area contributed by atoms with Crippen molar-refractivity contribution in [2.75, 3.05) is 0 Å². The molecule has 0 aliphatic rings. The maximum Gasteiger partial charge on any atom is 0.247 e. The average molecular weight is 443 g/mol. The molecule has 0 fully saturated rings. The van der Waals surface area contributed by atoms with Crippen LogP contribution in [0.15, 0.2) is 86.0 Å². The van der Waals surface area contributed by atoms with E-state index in [1.54, 1.807) is 0 Å². The first-order valence-electron chi connectivity index (χ1n) is 11.8. The fourth-order valence-corrected chi connectivity index (χ4v) is 4.06. The number of rotatable bonds is 6. The second kappa shape index (κ2) is 9.01. The molecule has 4 heteroatoms. The second-order valence-electron chi connectivity index (χ2n) is 11.2. The standard InChI is InChI=1S/C29H38N4/c1-28(2,3)26-11-7-24(8-12-26)19-30-15-17-32(21-30)23-33-18-16-31(22-33)20-25-9-13-27(14-10-25)29(4,5)6/h7-18,21-22H,19-20,23H2,1-6H3/q+2. The van der Waals surface area contributed by atoms with Crippen LogP contribution in [0.25, 0.3) is 0 Å². The van der Waals surface area contributed by atoms with E-state index >= 15 is 0 Å². The second-order valence-corrected chi connectivity index (χ2v) is 11.2. The zero-order valence-corrected chi connectivity index (χ0v) is 21.0. The van der Waals surface area contributed by atoms with E-state index in [1.807, 2.05) is 0 Å². The van der Waals surface area contributed by atoms with Crippen molar-refractivity contribution in [1.29, 1.82) is 0 Å². The maximum atomic E-state index is 2.25. The van der Waals surface area contributed by atoms with Gasteiger partial charge in [-0.1, -0.05) is 90.1 Å². The lowest BCUT2D eigenvalue weighted by molar-refractivity contribution is -0.912. The number of nitrogens with zero attached hydrogens (tertiary/aromatic N) is 4. The molecule has 4 aromatic rings. The van der Waals surface area contributed by atoms with Crippen molar-refractivity contribution >= 4 is 0 Å². The molecule has 0 saturated carbocycles. The Labute approximate surface area is 198 Å². The Kier molecular flexibility index (Phi) is 6.29. The molecule has 0 spiro atoms. The van der Waals surface area contributed by atoms with E-state index in [9.17, 15) is 0 Å². The Hall–Kier alpha value is -3.14. The van der Waals surface area contributed by atoms with Gasteiger partial charge in [0.25, 0.3) is 0 Å². The molecule has 0 aliphatic carbocycles. The van der Waals surface area contributed by atoms with Crippen molar-refractivity contribution < 1.29 is 9.13 Å².